The summed E-state index contributed by atoms with van der Waals surface area (Å²) in [6.07, 6.45) is 5.19. The van der Waals surface area contributed by atoms with Crippen molar-refractivity contribution in [3.8, 4) is 12.3 Å². The van der Waals surface area contributed by atoms with E-state index in [2.05, 4.69) is 11.2 Å². The van der Waals surface area contributed by atoms with Gasteiger partial charge >= 0.3 is 6.09 Å². The second-order valence-electron chi connectivity index (χ2n) is 5.38. The molecule has 1 amide bonds. The van der Waals surface area contributed by atoms with E-state index in [9.17, 15) is 9.18 Å². The van der Waals surface area contributed by atoms with Crippen LogP contribution in [0.4, 0.5) is 9.18 Å². The van der Waals surface area contributed by atoms with E-state index in [0.717, 1.165) is 0 Å². The Morgan fingerprint density at radius 1 is 1.50 bits per heavy atom. The van der Waals surface area contributed by atoms with Crippen LogP contribution in [0.5, 0.6) is 0 Å². The lowest BCUT2D eigenvalue weighted by atomic mass is 10.1. The van der Waals surface area contributed by atoms with Gasteiger partial charge in [0.2, 0.25) is 0 Å². The molecule has 0 saturated heterocycles. The first-order valence-corrected chi connectivity index (χ1v) is 7.14. The van der Waals surface area contributed by atoms with E-state index in [0.29, 0.717) is 12.0 Å². The highest BCUT2D eigenvalue weighted by molar-refractivity contribution is 14.1. The molecule has 1 aromatic carbocycles. The molecular formula is C15H17FINO2. The molecule has 20 heavy (non-hydrogen) atoms. The minimum atomic E-state index is -0.964. The smallest absolute Gasteiger partial charge is 0.409 e. The molecule has 0 bridgehead atoms. The third kappa shape index (κ3) is 5.78. The summed E-state index contributed by atoms with van der Waals surface area (Å²) in [5.41, 5.74) is 0.100. The van der Waals surface area contributed by atoms with Gasteiger partial charge in [-0.05, 0) is 61.1 Å². The molecular weight excluding hydrogens is 372 g/mol. The topological polar surface area (TPSA) is 38.3 Å². The number of rotatable bonds is 3. The van der Waals surface area contributed by atoms with Crippen LogP contribution in [-0.4, -0.2) is 15.2 Å². The summed E-state index contributed by atoms with van der Waals surface area (Å²) in [7, 11) is 0. The van der Waals surface area contributed by atoms with Crippen molar-refractivity contribution < 1.29 is 13.9 Å². The van der Waals surface area contributed by atoms with E-state index >= 15 is 0 Å². The van der Waals surface area contributed by atoms with Crippen LogP contribution in [0.15, 0.2) is 24.3 Å². The monoisotopic (exact) mass is 389 g/mol. The zero-order valence-corrected chi connectivity index (χ0v) is 13.8. The van der Waals surface area contributed by atoms with Gasteiger partial charge in [-0.3, -0.25) is 5.32 Å². The van der Waals surface area contributed by atoms with Gasteiger partial charge in [0.1, 0.15) is 11.4 Å². The van der Waals surface area contributed by atoms with Crippen molar-refractivity contribution in [3.05, 3.63) is 35.6 Å². The SMILES string of the molecule is C#CC(I)(Cc1cccc(F)c1)NC(=O)OC(C)(C)C. The van der Waals surface area contributed by atoms with Gasteiger partial charge in [-0.1, -0.05) is 18.1 Å². The first-order chi connectivity index (χ1) is 9.13. The second kappa shape index (κ2) is 6.44. The van der Waals surface area contributed by atoms with Crippen molar-refractivity contribution in [1.29, 1.82) is 0 Å². The fourth-order valence-corrected chi connectivity index (χ4v) is 2.19. The number of ether oxygens (including phenoxy) is 1. The van der Waals surface area contributed by atoms with E-state index < -0.39 is 15.2 Å². The quantitative estimate of drug-likeness (QED) is 0.371. The normalized spacial score (nSPS) is 14.0. The number of amides is 1. The summed E-state index contributed by atoms with van der Waals surface area (Å²) in [6.45, 7) is 5.30. The number of carbonyl (C=O) groups excluding carboxylic acids is 1. The van der Waals surface area contributed by atoms with Crippen molar-refractivity contribution in [2.24, 2.45) is 0 Å². The molecule has 0 heterocycles. The third-order valence-corrected chi connectivity index (χ3v) is 3.23. The van der Waals surface area contributed by atoms with E-state index in [1.165, 1.54) is 12.1 Å². The number of terminal acetylenes is 1. The number of benzene rings is 1. The molecule has 3 nitrogen and oxygen atoms in total. The highest BCUT2D eigenvalue weighted by Crippen LogP contribution is 2.22. The van der Waals surface area contributed by atoms with E-state index in [4.69, 9.17) is 11.2 Å². The third-order valence-electron chi connectivity index (χ3n) is 2.26. The van der Waals surface area contributed by atoms with Gasteiger partial charge in [0.25, 0.3) is 0 Å². The molecule has 0 radical (unpaired) electrons. The summed E-state index contributed by atoms with van der Waals surface area (Å²) >= 11 is 1.95. The molecule has 0 fully saturated rings. The van der Waals surface area contributed by atoms with Gasteiger partial charge in [-0.25, -0.2) is 9.18 Å². The van der Waals surface area contributed by atoms with Crippen molar-refractivity contribution in [2.75, 3.05) is 0 Å². The van der Waals surface area contributed by atoms with Crippen LogP contribution in [0.2, 0.25) is 0 Å². The maximum atomic E-state index is 13.2. The number of alkyl halides is 1. The second-order valence-corrected chi connectivity index (χ2v) is 7.22. The first-order valence-electron chi connectivity index (χ1n) is 6.06. The van der Waals surface area contributed by atoms with E-state index in [-0.39, 0.29) is 5.82 Å². The van der Waals surface area contributed by atoms with Gasteiger partial charge in [0.15, 0.2) is 3.55 Å². The molecule has 0 saturated carbocycles. The minimum absolute atomic E-state index is 0.307. The van der Waals surface area contributed by atoms with Crippen LogP contribution >= 0.6 is 22.6 Å². The molecule has 1 aromatic rings. The lowest BCUT2D eigenvalue weighted by Gasteiger charge is -2.26. The zero-order chi connectivity index (χ0) is 15.4. The fraction of sp³-hybridized carbons (Fsp3) is 0.400. The predicted octanol–water partition coefficient (Wildman–Crippen LogP) is 3.66. The standard InChI is InChI=1S/C15H17FINO2/c1-5-15(17,18-13(19)20-14(2,3)4)10-11-7-6-8-12(16)9-11/h1,6-9H,10H2,2-4H3,(H,18,19). The number of nitrogens with one attached hydrogen (secondary N) is 1. The van der Waals surface area contributed by atoms with Gasteiger partial charge in [-0.15, -0.1) is 6.42 Å². The van der Waals surface area contributed by atoms with Crippen LogP contribution < -0.4 is 5.32 Å². The number of alkyl carbamates (subject to hydrolysis) is 1. The molecule has 1 atom stereocenters. The minimum Gasteiger partial charge on any atom is -0.444 e. The summed E-state index contributed by atoms with van der Waals surface area (Å²) in [6, 6.07) is 6.10. The number of carbonyl (C=O) groups is 1. The van der Waals surface area contributed by atoms with E-state index in [1.807, 2.05) is 22.6 Å². The fourth-order valence-electron chi connectivity index (χ4n) is 1.52. The molecule has 0 aliphatic heterocycles. The molecule has 1 rings (SSSR count). The predicted molar refractivity (Wildman–Crippen MR) is 85.1 cm³/mol. The molecule has 1 unspecified atom stereocenters. The van der Waals surface area contributed by atoms with Crippen molar-refractivity contribution in [1.82, 2.24) is 5.32 Å². The molecule has 5 heteroatoms. The first kappa shape index (κ1) is 16.8. The lowest BCUT2D eigenvalue weighted by molar-refractivity contribution is 0.0512. The molecule has 0 aliphatic carbocycles. The Morgan fingerprint density at radius 2 is 2.15 bits per heavy atom. The summed E-state index contributed by atoms with van der Waals surface area (Å²) in [5.74, 6) is 2.18. The summed E-state index contributed by atoms with van der Waals surface area (Å²) in [5, 5.41) is 2.63. The largest absolute Gasteiger partial charge is 0.444 e. The van der Waals surface area contributed by atoms with Crippen LogP contribution in [0.25, 0.3) is 0 Å². The number of hydrogen-bond donors (Lipinski definition) is 1. The van der Waals surface area contributed by atoms with Crippen LogP contribution in [0, 0.1) is 18.2 Å². The molecule has 0 spiro atoms. The Labute approximate surface area is 132 Å². The van der Waals surface area contributed by atoms with Crippen LogP contribution in [0.3, 0.4) is 0 Å². The number of hydrogen-bond acceptors (Lipinski definition) is 2. The van der Waals surface area contributed by atoms with Crippen molar-refractivity contribution in [3.63, 3.8) is 0 Å². The van der Waals surface area contributed by atoms with Gasteiger partial charge < -0.3 is 4.74 Å². The Hall–Kier alpha value is -1.29. The van der Waals surface area contributed by atoms with Gasteiger partial charge in [-0.2, -0.15) is 0 Å². The number of halogens is 2. The molecule has 0 aliphatic rings. The zero-order valence-electron chi connectivity index (χ0n) is 11.7. The Morgan fingerprint density at radius 3 is 2.65 bits per heavy atom. The van der Waals surface area contributed by atoms with Crippen molar-refractivity contribution >= 4 is 28.7 Å². The molecule has 0 aromatic heterocycles. The van der Waals surface area contributed by atoms with Crippen molar-refractivity contribution in [2.45, 2.75) is 36.3 Å². The lowest BCUT2D eigenvalue weighted by Crippen LogP contribution is -2.46. The Kier molecular flexibility index (Phi) is 5.40. The van der Waals surface area contributed by atoms with Crippen LogP contribution in [0.1, 0.15) is 26.3 Å². The average molecular weight is 389 g/mol. The Balaban J connectivity index is 2.78. The van der Waals surface area contributed by atoms with Gasteiger partial charge in [0, 0.05) is 6.42 Å². The van der Waals surface area contributed by atoms with E-state index in [1.54, 1.807) is 32.9 Å². The maximum Gasteiger partial charge on any atom is 0.409 e. The van der Waals surface area contributed by atoms with Crippen LogP contribution in [-0.2, 0) is 11.2 Å². The highest BCUT2D eigenvalue weighted by atomic mass is 127. The molecule has 108 valence electrons. The maximum absolute atomic E-state index is 13.2. The Bertz CT molecular complexity index is 533. The highest BCUT2D eigenvalue weighted by Gasteiger charge is 2.29. The summed E-state index contributed by atoms with van der Waals surface area (Å²) in [4.78, 5) is 11.8. The average Bonchev–Trinajstić information content (AvgIpc) is 2.25. The molecule has 1 N–H and O–H groups in total. The summed E-state index contributed by atoms with van der Waals surface area (Å²) < 4.78 is 17.4. The van der Waals surface area contributed by atoms with Gasteiger partial charge in [0.05, 0.1) is 0 Å².